The van der Waals surface area contributed by atoms with Gasteiger partial charge in [0.15, 0.2) is 11.5 Å². The lowest BCUT2D eigenvalue weighted by Crippen LogP contribution is -2.32. The summed E-state index contributed by atoms with van der Waals surface area (Å²) in [4.78, 5) is 19.3. The number of carbonyl (C=O) groups excluding carboxylic acids is 1. The molecule has 0 saturated heterocycles. The topological polar surface area (TPSA) is 124 Å². The molecule has 26 heavy (non-hydrogen) atoms. The van der Waals surface area contributed by atoms with Crippen molar-refractivity contribution in [2.24, 2.45) is 5.73 Å². The highest BCUT2D eigenvalue weighted by Gasteiger charge is 2.34. The summed E-state index contributed by atoms with van der Waals surface area (Å²) >= 11 is 0. The largest absolute Gasteiger partial charge is 0.419 e. The maximum Gasteiger partial charge on any atom is 0.419 e. The number of fused-ring (bicyclic) bond motifs is 1. The van der Waals surface area contributed by atoms with Crippen molar-refractivity contribution in [2.45, 2.75) is 19.1 Å². The van der Waals surface area contributed by atoms with Crippen molar-refractivity contribution < 1.29 is 18.0 Å². The molecule has 1 amide bonds. The Balaban J connectivity index is 1.98. The number of nitrogen functional groups attached to an aromatic ring is 1. The molecular weight excluding hydrogens is 351 g/mol. The number of carbonyl (C=O) groups is 1. The third-order valence-electron chi connectivity index (χ3n) is 3.50. The second-order valence-electron chi connectivity index (χ2n) is 5.58. The molecule has 136 valence electrons. The van der Waals surface area contributed by atoms with Crippen molar-refractivity contribution in [1.29, 1.82) is 0 Å². The van der Waals surface area contributed by atoms with Gasteiger partial charge in [-0.25, -0.2) is 14.5 Å². The number of nitrogens with one attached hydrogen (secondary N) is 1. The normalized spacial score (nSPS) is 13.0. The van der Waals surface area contributed by atoms with Crippen molar-refractivity contribution in [3.63, 3.8) is 0 Å². The molecular formula is C15H14F3N7O. The van der Waals surface area contributed by atoms with Crippen molar-refractivity contribution >= 4 is 23.2 Å². The van der Waals surface area contributed by atoms with Crippen molar-refractivity contribution in [3.05, 3.63) is 36.2 Å². The summed E-state index contributed by atoms with van der Waals surface area (Å²) in [5, 5.41) is 6.71. The molecule has 0 bridgehead atoms. The van der Waals surface area contributed by atoms with Crippen LogP contribution < -0.4 is 16.8 Å². The molecule has 5 N–H and O–H groups in total. The van der Waals surface area contributed by atoms with Crippen molar-refractivity contribution in [2.75, 3.05) is 11.1 Å². The summed E-state index contributed by atoms with van der Waals surface area (Å²) in [6.07, 6.45) is -1.99. The number of alkyl halides is 3. The number of pyridine rings is 1. The van der Waals surface area contributed by atoms with Crippen molar-refractivity contribution in [1.82, 2.24) is 19.6 Å². The number of hydrogen-bond donors (Lipinski definition) is 3. The summed E-state index contributed by atoms with van der Waals surface area (Å²) < 4.78 is 40.3. The lowest BCUT2D eigenvalue weighted by atomic mass is 10.1. The van der Waals surface area contributed by atoms with Crippen LogP contribution in [0.2, 0.25) is 0 Å². The molecule has 0 fully saturated rings. The quantitative estimate of drug-likeness (QED) is 0.649. The fourth-order valence-corrected chi connectivity index (χ4v) is 2.18. The average Bonchev–Trinajstić information content (AvgIpc) is 2.95. The van der Waals surface area contributed by atoms with Gasteiger partial charge in [0.2, 0.25) is 5.91 Å². The van der Waals surface area contributed by atoms with E-state index in [0.717, 1.165) is 6.07 Å². The molecule has 0 aromatic carbocycles. The molecule has 0 unspecified atom stereocenters. The first-order valence-electron chi connectivity index (χ1n) is 7.41. The fourth-order valence-electron chi connectivity index (χ4n) is 2.18. The molecule has 3 heterocycles. The van der Waals surface area contributed by atoms with E-state index in [2.05, 4.69) is 20.4 Å². The van der Waals surface area contributed by atoms with E-state index in [1.54, 1.807) is 6.07 Å². The molecule has 0 radical (unpaired) electrons. The highest BCUT2D eigenvalue weighted by molar-refractivity contribution is 5.93. The van der Waals surface area contributed by atoms with Gasteiger partial charge in [0, 0.05) is 11.8 Å². The molecule has 3 rings (SSSR count). The van der Waals surface area contributed by atoms with E-state index in [1.807, 2.05) is 0 Å². The summed E-state index contributed by atoms with van der Waals surface area (Å²) in [5.41, 5.74) is 10.5. The molecule has 3 aromatic rings. The zero-order valence-corrected chi connectivity index (χ0v) is 13.4. The number of nitrogens with zero attached hydrogens (tertiary/aromatic N) is 4. The zero-order chi connectivity index (χ0) is 19.1. The van der Waals surface area contributed by atoms with Crippen LogP contribution in [0.15, 0.2) is 30.6 Å². The molecule has 8 nitrogen and oxygen atoms in total. The summed E-state index contributed by atoms with van der Waals surface area (Å²) in [6.45, 7) is 1.52. The summed E-state index contributed by atoms with van der Waals surface area (Å²) in [5.74, 6) is -0.805. The Hall–Kier alpha value is -3.21. The second-order valence-corrected chi connectivity index (χ2v) is 5.58. The minimum absolute atomic E-state index is 0.142. The Morgan fingerprint density at radius 2 is 2.08 bits per heavy atom. The Bertz CT molecular complexity index is 981. The molecule has 0 saturated carbocycles. The van der Waals surface area contributed by atoms with E-state index in [-0.39, 0.29) is 17.1 Å². The van der Waals surface area contributed by atoms with Gasteiger partial charge in [-0.3, -0.25) is 4.79 Å². The molecule has 0 aliphatic carbocycles. The molecule has 3 aromatic heterocycles. The van der Waals surface area contributed by atoms with E-state index in [9.17, 15) is 18.0 Å². The molecule has 0 aliphatic heterocycles. The van der Waals surface area contributed by atoms with E-state index >= 15 is 0 Å². The third kappa shape index (κ3) is 3.42. The number of aromatic nitrogens is 4. The third-order valence-corrected chi connectivity index (χ3v) is 3.50. The van der Waals surface area contributed by atoms with Gasteiger partial charge in [-0.05, 0) is 25.1 Å². The van der Waals surface area contributed by atoms with Crippen LogP contribution in [0.1, 0.15) is 12.5 Å². The van der Waals surface area contributed by atoms with E-state index in [0.29, 0.717) is 5.65 Å². The number of halogens is 3. The second kappa shape index (κ2) is 6.26. The summed E-state index contributed by atoms with van der Waals surface area (Å²) in [6, 6.07) is 3.21. The lowest BCUT2D eigenvalue weighted by Gasteiger charge is -2.10. The highest BCUT2D eigenvalue weighted by Crippen LogP contribution is 2.34. The number of anilines is 2. The zero-order valence-electron chi connectivity index (χ0n) is 13.4. The minimum Gasteiger partial charge on any atom is -0.383 e. The van der Waals surface area contributed by atoms with Gasteiger partial charge >= 0.3 is 6.18 Å². The predicted molar refractivity (Wildman–Crippen MR) is 87.9 cm³/mol. The van der Waals surface area contributed by atoms with Gasteiger partial charge < -0.3 is 16.8 Å². The van der Waals surface area contributed by atoms with Gasteiger partial charge in [0.05, 0.1) is 23.5 Å². The predicted octanol–water partition coefficient (Wildman–Crippen LogP) is 1.68. The van der Waals surface area contributed by atoms with Gasteiger partial charge in [-0.15, -0.1) is 0 Å². The van der Waals surface area contributed by atoms with Crippen LogP contribution >= 0.6 is 0 Å². The van der Waals surface area contributed by atoms with Gasteiger partial charge in [0.1, 0.15) is 5.82 Å². The van der Waals surface area contributed by atoms with Gasteiger partial charge in [0.25, 0.3) is 0 Å². The standard InChI is InChI=1S/C15H14F3N7O/c1-7(19)14(26)23-11-6-25-12(22-11)3-2-10(24-25)8-4-9(15(16,17)18)13(20)21-5-8/h2-7H,19H2,1H3,(H2,20,21)(H,23,26)/t7-/m1/s1. The van der Waals surface area contributed by atoms with E-state index in [4.69, 9.17) is 11.5 Å². The number of rotatable bonds is 3. The minimum atomic E-state index is -4.62. The first-order valence-corrected chi connectivity index (χ1v) is 7.41. The van der Waals surface area contributed by atoms with Crippen LogP contribution in [0.4, 0.5) is 24.8 Å². The van der Waals surface area contributed by atoms with E-state index < -0.39 is 29.5 Å². The van der Waals surface area contributed by atoms with E-state index in [1.165, 1.54) is 29.9 Å². The molecule has 1 atom stereocenters. The first-order chi connectivity index (χ1) is 12.1. The van der Waals surface area contributed by atoms with Crippen LogP contribution in [0, 0.1) is 0 Å². The maximum atomic E-state index is 13.0. The fraction of sp³-hybridized carbons (Fsp3) is 0.200. The average molecular weight is 365 g/mol. The SMILES string of the molecule is C[C@@H](N)C(=O)Nc1cn2nc(-c3cnc(N)c(C(F)(F)F)c3)ccc2n1. The van der Waals surface area contributed by atoms with Crippen molar-refractivity contribution in [3.8, 4) is 11.3 Å². The number of hydrogen-bond acceptors (Lipinski definition) is 6. The van der Waals surface area contributed by atoms with Gasteiger partial charge in [-0.1, -0.05) is 0 Å². The monoisotopic (exact) mass is 365 g/mol. The Morgan fingerprint density at radius 3 is 2.73 bits per heavy atom. The van der Waals surface area contributed by atoms with Crippen LogP contribution in [0.3, 0.4) is 0 Å². The number of nitrogens with two attached hydrogens (primary N) is 2. The molecule has 11 heteroatoms. The number of amides is 1. The Kier molecular flexibility index (Phi) is 4.24. The van der Waals surface area contributed by atoms with Crippen LogP contribution in [-0.4, -0.2) is 31.5 Å². The lowest BCUT2D eigenvalue weighted by molar-refractivity contribution is -0.137. The first kappa shape index (κ1) is 17.6. The highest BCUT2D eigenvalue weighted by atomic mass is 19.4. The van der Waals surface area contributed by atoms with Gasteiger partial charge in [-0.2, -0.15) is 18.3 Å². The Morgan fingerprint density at radius 1 is 1.35 bits per heavy atom. The van der Waals surface area contributed by atoms with Crippen LogP contribution in [0.5, 0.6) is 0 Å². The molecule has 0 aliphatic rings. The summed E-state index contributed by atoms with van der Waals surface area (Å²) in [7, 11) is 0. The maximum absolute atomic E-state index is 13.0. The molecule has 0 spiro atoms. The Labute approximate surface area is 145 Å². The smallest absolute Gasteiger partial charge is 0.383 e. The van der Waals surface area contributed by atoms with Crippen LogP contribution in [-0.2, 0) is 11.0 Å². The number of imidazole rings is 1. The van der Waals surface area contributed by atoms with Crippen LogP contribution in [0.25, 0.3) is 16.9 Å².